The molecule has 1 N–H and O–H groups in total. The molecule has 0 amide bonds. The van der Waals surface area contributed by atoms with Gasteiger partial charge in [-0.15, -0.1) is 0 Å². The van der Waals surface area contributed by atoms with Crippen LogP contribution in [0.2, 0.25) is 0 Å². The highest BCUT2D eigenvalue weighted by Gasteiger charge is 2.16. The van der Waals surface area contributed by atoms with Crippen molar-refractivity contribution in [2.45, 2.75) is 13.5 Å². The van der Waals surface area contributed by atoms with Gasteiger partial charge in [0.05, 0.1) is 6.54 Å². The Balaban J connectivity index is 2.13. The lowest BCUT2D eigenvalue weighted by Gasteiger charge is -2.10. The molecule has 0 fully saturated rings. The third kappa shape index (κ3) is 3.21. The Labute approximate surface area is 117 Å². The quantitative estimate of drug-likeness (QED) is 0.887. The Morgan fingerprint density at radius 3 is 2.65 bits per heavy atom. The van der Waals surface area contributed by atoms with E-state index in [0.29, 0.717) is 5.82 Å². The maximum absolute atomic E-state index is 11.6. The molecule has 2 rings (SSSR count). The summed E-state index contributed by atoms with van der Waals surface area (Å²) in [6, 6.07) is 7.63. The van der Waals surface area contributed by atoms with Gasteiger partial charge in [0.1, 0.15) is 0 Å². The fraction of sp³-hybridized carbons (Fsp3) is 0.333. The van der Waals surface area contributed by atoms with Gasteiger partial charge in [-0.3, -0.25) is 0 Å². The first kappa shape index (κ1) is 14.6. The van der Waals surface area contributed by atoms with Crippen LogP contribution in [0.25, 0.3) is 11.4 Å². The second kappa shape index (κ2) is 5.70. The van der Waals surface area contributed by atoms with Crippen molar-refractivity contribution in [1.82, 2.24) is 19.2 Å². The van der Waals surface area contributed by atoms with E-state index >= 15 is 0 Å². The van der Waals surface area contributed by atoms with Gasteiger partial charge in [0.15, 0.2) is 0 Å². The van der Waals surface area contributed by atoms with Gasteiger partial charge in [-0.25, -0.2) is 0 Å². The van der Waals surface area contributed by atoms with Crippen molar-refractivity contribution < 1.29 is 12.9 Å². The number of benzene rings is 1. The molecule has 1 heterocycles. The van der Waals surface area contributed by atoms with Crippen LogP contribution in [-0.4, -0.2) is 37.0 Å². The first-order valence-corrected chi connectivity index (χ1v) is 7.40. The zero-order valence-corrected chi connectivity index (χ0v) is 12.3. The molecular weight excluding hydrogens is 280 g/mol. The van der Waals surface area contributed by atoms with E-state index in [4.69, 9.17) is 4.52 Å². The third-order valence-electron chi connectivity index (χ3n) is 2.74. The maximum atomic E-state index is 11.6. The van der Waals surface area contributed by atoms with E-state index < -0.39 is 10.2 Å². The van der Waals surface area contributed by atoms with Crippen molar-refractivity contribution in [2.24, 2.45) is 0 Å². The third-order valence-corrected chi connectivity index (χ3v) is 4.21. The van der Waals surface area contributed by atoms with E-state index in [2.05, 4.69) is 14.9 Å². The monoisotopic (exact) mass is 296 g/mol. The smallest absolute Gasteiger partial charge is 0.279 e. The number of aromatic nitrogens is 2. The number of rotatable bonds is 5. The molecule has 1 aromatic carbocycles. The van der Waals surface area contributed by atoms with Gasteiger partial charge in [0.25, 0.3) is 10.2 Å². The highest BCUT2D eigenvalue weighted by molar-refractivity contribution is 7.87. The number of hydrogen-bond donors (Lipinski definition) is 1. The molecule has 1 aromatic heterocycles. The molecule has 2 aromatic rings. The molecule has 20 heavy (non-hydrogen) atoms. The standard InChI is InChI=1S/C12H16N4O3S/c1-9-6-4-5-7-10(9)12-14-11(19-15-12)8-13-20(17,18)16(2)3/h4-7,13H,8H2,1-3H3. The lowest BCUT2D eigenvalue weighted by molar-refractivity contribution is 0.374. The van der Waals surface area contributed by atoms with E-state index in [1.165, 1.54) is 14.1 Å². The minimum atomic E-state index is -3.50. The molecule has 7 nitrogen and oxygen atoms in total. The van der Waals surface area contributed by atoms with Crippen molar-refractivity contribution in [3.8, 4) is 11.4 Å². The SMILES string of the molecule is Cc1ccccc1-c1noc(CNS(=O)(=O)N(C)C)n1. The Bertz CT molecular complexity index is 694. The first-order valence-electron chi connectivity index (χ1n) is 5.96. The van der Waals surface area contributed by atoms with Crippen LogP contribution in [-0.2, 0) is 16.8 Å². The van der Waals surface area contributed by atoms with Crippen molar-refractivity contribution >= 4 is 10.2 Å². The Kier molecular flexibility index (Phi) is 4.17. The minimum Gasteiger partial charge on any atom is -0.338 e. The molecule has 0 bridgehead atoms. The topological polar surface area (TPSA) is 88.3 Å². The van der Waals surface area contributed by atoms with Gasteiger partial charge in [0, 0.05) is 19.7 Å². The van der Waals surface area contributed by atoms with Gasteiger partial charge in [-0.05, 0) is 12.5 Å². The number of aryl methyl sites for hydroxylation is 1. The van der Waals surface area contributed by atoms with Gasteiger partial charge >= 0.3 is 0 Å². The maximum Gasteiger partial charge on any atom is 0.279 e. The molecule has 0 aliphatic carbocycles. The van der Waals surface area contributed by atoms with E-state index in [9.17, 15) is 8.42 Å². The summed E-state index contributed by atoms with van der Waals surface area (Å²) in [4.78, 5) is 4.18. The predicted octanol–water partition coefficient (Wildman–Crippen LogP) is 0.941. The van der Waals surface area contributed by atoms with Crippen molar-refractivity contribution in [3.05, 3.63) is 35.7 Å². The van der Waals surface area contributed by atoms with Crippen LogP contribution in [0.3, 0.4) is 0 Å². The summed E-state index contributed by atoms with van der Waals surface area (Å²) in [6.07, 6.45) is 0. The minimum absolute atomic E-state index is 0.0423. The highest BCUT2D eigenvalue weighted by Crippen LogP contribution is 2.19. The van der Waals surface area contributed by atoms with Crippen molar-refractivity contribution in [1.29, 1.82) is 0 Å². The van der Waals surface area contributed by atoms with Crippen LogP contribution in [0, 0.1) is 6.92 Å². The number of nitrogens with one attached hydrogen (secondary N) is 1. The largest absolute Gasteiger partial charge is 0.338 e. The molecule has 0 atom stereocenters. The Morgan fingerprint density at radius 2 is 2.00 bits per heavy atom. The molecule has 0 radical (unpaired) electrons. The van der Waals surface area contributed by atoms with Gasteiger partial charge in [-0.2, -0.15) is 22.4 Å². The summed E-state index contributed by atoms with van der Waals surface area (Å²) in [5, 5.41) is 3.86. The summed E-state index contributed by atoms with van der Waals surface area (Å²) in [5.41, 5.74) is 1.88. The van der Waals surface area contributed by atoms with E-state index in [1.54, 1.807) is 0 Å². The summed E-state index contributed by atoms with van der Waals surface area (Å²) in [6.45, 7) is 1.90. The summed E-state index contributed by atoms with van der Waals surface area (Å²) in [7, 11) is -0.626. The fourth-order valence-electron chi connectivity index (χ4n) is 1.54. The normalized spacial score (nSPS) is 12.0. The van der Waals surface area contributed by atoms with Crippen molar-refractivity contribution in [2.75, 3.05) is 14.1 Å². The fourth-order valence-corrected chi connectivity index (χ4v) is 2.11. The van der Waals surface area contributed by atoms with Crippen LogP contribution in [0.15, 0.2) is 28.8 Å². The Hall–Kier alpha value is -1.77. The molecule has 0 unspecified atom stereocenters. The highest BCUT2D eigenvalue weighted by atomic mass is 32.2. The van der Waals surface area contributed by atoms with Crippen LogP contribution in [0.5, 0.6) is 0 Å². The summed E-state index contributed by atoms with van der Waals surface area (Å²) >= 11 is 0. The second-order valence-corrected chi connectivity index (χ2v) is 6.40. The van der Waals surface area contributed by atoms with Crippen LogP contribution in [0.1, 0.15) is 11.5 Å². The van der Waals surface area contributed by atoms with Crippen LogP contribution in [0.4, 0.5) is 0 Å². The predicted molar refractivity (Wildman–Crippen MR) is 73.9 cm³/mol. The van der Waals surface area contributed by atoms with Crippen LogP contribution >= 0.6 is 0 Å². The van der Waals surface area contributed by atoms with Crippen molar-refractivity contribution in [3.63, 3.8) is 0 Å². The Morgan fingerprint density at radius 1 is 1.30 bits per heavy atom. The van der Waals surface area contributed by atoms with Gasteiger partial charge < -0.3 is 4.52 Å². The second-order valence-electron chi connectivity index (χ2n) is 4.44. The van der Waals surface area contributed by atoms with E-state index in [-0.39, 0.29) is 12.4 Å². The lowest BCUT2D eigenvalue weighted by Crippen LogP contribution is -2.35. The average Bonchev–Trinajstić information content (AvgIpc) is 2.85. The van der Waals surface area contributed by atoms with Crippen LogP contribution < -0.4 is 4.72 Å². The van der Waals surface area contributed by atoms with E-state index in [0.717, 1.165) is 15.4 Å². The zero-order valence-electron chi connectivity index (χ0n) is 11.5. The lowest BCUT2D eigenvalue weighted by atomic mass is 10.1. The molecule has 0 saturated carbocycles. The molecule has 0 spiro atoms. The van der Waals surface area contributed by atoms with E-state index in [1.807, 2.05) is 31.2 Å². The number of nitrogens with zero attached hydrogens (tertiary/aromatic N) is 3. The first-order chi connectivity index (χ1) is 9.40. The van der Waals surface area contributed by atoms with Gasteiger partial charge in [0.2, 0.25) is 11.7 Å². The molecule has 8 heteroatoms. The molecule has 108 valence electrons. The van der Waals surface area contributed by atoms with Gasteiger partial charge in [-0.1, -0.05) is 29.4 Å². The summed E-state index contributed by atoms with van der Waals surface area (Å²) in [5.74, 6) is 0.663. The zero-order chi connectivity index (χ0) is 14.8. The number of hydrogen-bond acceptors (Lipinski definition) is 5. The molecule has 0 saturated heterocycles. The molecule has 0 aliphatic rings. The average molecular weight is 296 g/mol. The summed E-state index contributed by atoms with van der Waals surface area (Å²) < 4.78 is 31.6. The molecule has 0 aliphatic heterocycles. The molecular formula is C12H16N4O3S.